The molecule has 0 atom stereocenters. The summed E-state index contributed by atoms with van der Waals surface area (Å²) < 4.78 is 4.99. The molecule has 19 heavy (non-hydrogen) atoms. The predicted molar refractivity (Wildman–Crippen MR) is 75.7 cm³/mol. The summed E-state index contributed by atoms with van der Waals surface area (Å²) in [5.41, 5.74) is 6.85. The molecule has 1 aromatic rings. The fourth-order valence-electron chi connectivity index (χ4n) is 1.65. The molecule has 6 heteroatoms. The summed E-state index contributed by atoms with van der Waals surface area (Å²) >= 11 is 0. The highest BCUT2D eigenvalue weighted by Crippen LogP contribution is 2.22. The van der Waals surface area contributed by atoms with E-state index in [4.69, 9.17) is 15.6 Å². The first-order valence-electron chi connectivity index (χ1n) is 6.09. The molecule has 0 radical (unpaired) electrons. The third-order valence-corrected chi connectivity index (χ3v) is 2.82. The monoisotopic (exact) mass is 267 g/mol. The van der Waals surface area contributed by atoms with Crippen LogP contribution >= 0.6 is 0 Å². The second kappa shape index (κ2) is 7.60. The number of nitrogens with one attached hydrogen (secondary N) is 1. The van der Waals surface area contributed by atoms with Gasteiger partial charge in [-0.2, -0.15) is 0 Å². The summed E-state index contributed by atoms with van der Waals surface area (Å²) in [7, 11) is 3.67. The maximum Gasteiger partial charge on any atom is 0.337 e. The molecule has 4 N–H and O–H groups in total. The summed E-state index contributed by atoms with van der Waals surface area (Å²) in [5.74, 6) is -1.02. The molecular weight excluding hydrogens is 246 g/mol. The lowest BCUT2D eigenvalue weighted by Crippen LogP contribution is -2.28. The molecule has 0 spiro atoms. The van der Waals surface area contributed by atoms with Crippen molar-refractivity contribution >= 4 is 17.3 Å². The van der Waals surface area contributed by atoms with Crippen molar-refractivity contribution in [3.63, 3.8) is 0 Å². The van der Waals surface area contributed by atoms with Crippen LogP contribution in [-0.4, -0.2) is 56.4 Å². The summed E-state index contributed by atoms with van der Waals surface area (Å²) in [4.78, 5) is 13.1. The summed E-state index contributed by atoms with van der Waals surface area (Å²) in [5, 5.41) is 12.1. The molecule has 0 aromatic heterocycles. The largest absolute Gasteiger partial charge is 0.478 e. The van der Waals surface area contributed by atoms with Crippen LogP contribution in [0, 0.1) is 0 Å². The Morgan fingerprint density at radius 1 is 1.47 bits per heavy atom. The molecule has 106 valence electrons. The van der Waals surface area contributed by atoms with Crippen LogP contribution in [0.4, 0.5) is 11.4 Å². The van der Waals surface area contributed by atoms with Crippen molar-refractivity contribution < 1.29 is 14.6 Å². The Morgan fingerprint density at radius 3 is 2.84 bits per heavy atom. The maximum atomic E-state index is 10.9. The molecule has 1 aromatic carbocycles. The van der Waals surface area contributed by atoms with E-state index in [0.717, 1.165) is 13.1 Å². The molecule has 0 aliphatic rings. The second-order valence-corrected chi connectivity index (χ2v) is 4.29. The SMILES string of the molecule is COCCN(C)CCNc1cccc(C(=O)O)c1N. The van der Waals surface area contributed by atoms with Crippen LogP contribution in [0.25, 0.3) is 0 Å². The first kappa shape index (κ1) is 15.3. The molecule has 0 heterocycles. The molecule has 0 aliphatic heterocycles. The van der Waals surface area contributed by atoms with Gasteiger partial charge in [-0.1, -0.05) is 6.07 Å². The van der Waals surface area contributed by atoms with Crippen LogP contribution in [-0.2, 0) is 4.74 Å². The fourth-order valence-corrected chi connectivity index (χ4v) is 1.65. The van der Waals surface area contributed by atoms with Gasteiger partial charge in [0, 0.05) is 26.7 Å². The van der Waals surface area contributed by atoms with Gasteiger partial charge < -0.3 is 25.8 Å². The van der Waals surface area contributed by atoms with Crippen molar-refractivity contribution in [3.05, 3.63) is 23.8 Å². The highest BCUT2D eigenvalue weighted by Gasteiger charge is 2.10. The van der Waals surface area contributed by atoms with Gasteiger partial charge in [-0.3, -0.25) is 0 Å². The topological polar surface area (TPSA) is 87.8 Å². The number of carbonyl (C=O) groups is 1. The summed E-state index contributed by atoms with van der Waals surface area (Å²) in [6.45, 7) is 3.05. The quantitative estimate of drug-likeness (QED) is 0.608. The molecule has 1 rings (SSSR count). The molecule has 0 aliphatic carbocycles. The number of para-hydroxylation sites is 1. The Morgan fingerprint density at radius 2 is 2.21 bits per heavy atom. The normalized spacial score (nSPS) is 10.7. The minimum Gasteiger partial charge on any atom is -0.478 e. The van der Waals surface area contributed by atoms with E-state index in [9.17, 15) is 4.79 Å². The summed E-state index contributed by atoms with van der Waals surface area (Å²) in [6, 6.07) is 4.95. The summed E-state index contributed by atoms with van der Waals surface area (Å²) in [6.07, 6.45) is 0. The van der Waals surface area contributed by atoms with Gasteiger partial charge in [0.25, 0.3) is 0 Å². The molecule has 0 saturated carbocycles. The molecule has 0 bridgehead atoms. The number of rotatable bonds is 8. The van der Waals surface area contributed by atoms with Gasteiger partial charge in [0.1, 0.15) is 0 Å². The standard InChI is InChI=1S/C13H21N3O3/c1-16(8-9-19-2)7-6-15-11-5-3-4-10(12(11)14)13(17)18/h3-5,15H,6-9,14H2,1-2H3,(H,17,18). The van der Waals surface area contributed by atoms with Gasteiger partial charge in [-0.15, -0.1) is 0 Å². The van der Waals surface area contributed by atoms with Crippen molar-refractivity contribution in [2.45, 2.75) is 0 Å². The number of aromatic carboxylic acids is 1. The number of benzene rings is 1. The van der Waals surface area contributed by atoms with Crippen molar-refractivity contribution in [2.24, 2.45) is 0 Å². The Bertz CT molecular complexity index is 424. The van der Waals surface area contributed by atoms with Gasteiger partial charge in [0.05, 0.1) is 23.5 Å². The van der Waals surface area contributed by atoms with Crippen LogP contribution in [0.2, 0.25) is 0 Å². The fraction of sp³-hybridized carbons (Fsp3) is 0.462. The Balaban J connectivity index is 2.50. The highest BCUT2D eigenvalue weighted by molar-refractivity contribution is 5.97. The van der Waals surface area contributed by atoms with E-state index < -0.39 is 5.97 Å². The van der Waals surface area contributed by atoms with Gasteiger partial charge in [0.2, 0.25) is 0 Å². The van der Waals surface area contributed by atoms with Crippen molar-refractivity contribution in [1.29, 1.82) is 0 Å². The second-order valence-electron chi connectivity index (χ2n) is 4.29. The van der Waals surface area contributed by atoms with E-state index in [2.05, 4.69) is 10.2 Å². The minimum absolute atomic E-state index is 0.123. The van der Waals surface area contributed by atoms with E-state index in [1.165, 1.54) is 6.07 Å². The number of hydrogen-bond donors (Lipinski definition) is 3. The number of carboxylic acids is 1. The number of nitrogen functional groups attached to an aromatic ring is 1. The third kappa shape index (κ3) is 4.76. The molecule has 0 fully saturated rings. The van der Waals surface area contributed by atoms with Crippen molar-refractivity contribution in [1.82, 2.24) is 4.90 Å². The van der Waals surface area contributed by atoms with Gasteiger partial charge in [0.15, 0.2) is 0 Å². The van der Waals surface area contributed by atoms with Gasteiger partial charge in [-0.05, 0) is 19.2 Å². The number of anilines is 2. The zero-order valence-electron chi connectivity index (χ0n) is 11.3. The van der Waals surface area contributed by atoms with Crippen LogP contribution in [0.3, 0.4) is 0 Å². The molecule has 0 amide bonds. The average Bonchev–Trinajstić information content (AvgIpc) is 2.38. The zero-order chi connectivity index (χ0) is 14.3. The van der Waals surface area contributed by atoms with Gasteiger partial charge >= 0.3 is 5.97 Å². The Hall–Kier alpha value is -1.79. The molecule has 6 nitrogen and oxygen atoms in total. The lowest BCUT2D eigenvalue weighted by molar-refractivity contribution is 0.0698. The van der Waals surface area contributed by atoms with E-state index in [1.807, 2.05) is 7.05 Å². The zero-order valence-corrected chi connectivity index (χ0v) is 11.3. The number of hydrogen-bond acceptors (Lipinski definition) is 5. The molecular formula is C13H21N3O3. The van der Waals surface area contributed by atoms with E-state index >= 15 is 0 Å². The molecule has 0 unspecified atom stereocenters. The van der Waals surface area contributed by atoms with E-state index in [0.29, 0.717) is 18.8 Å². The van der Waals surface area contributed by atoms with Crippen molar-refractivity contribution in [3.8, 4) is 0 Å². The molecule has 0 saturated heterocycles. The van der Waals surface area contributed by atoms with Crippen LogP contribution < -0.4 is 11.1 Å². The van der Waals surface area contributed by atoms with Gasteiger partial charge in [-0.25, -0.2) is 4.79 Å². The number of likely N-dealkylation sites (N-methyl/N-ethyl adjacent to an activating group) is 1. The van der Waals surface area contributed by atoms with Crippen molar-refractivity contribution in [2.75, 3.05) is 51.4 Å². The Kier molecular flexibility index (Phi) is 6.11. The predicted octanol–water partition coefficient (Wildman–Crippen LogP) is 0.957. The van der Waals surface area contributed by atoms with Crippen LogP contribution in [0.15, 0.2) is 18.2 Å². The lowest BCUT2D eigenvalue weighted by Gasteiger charge is -2.17. The number of nitrogens with two attached hydrogens (primary N) is 1. The van der Waals surface area contributed by atoms with Crippen LogP contribution in [0.5, 0.6) is 0 Å². The minimum atomic E-state index is -1.02. The number of carboxylic acid groups (broad SMARTS) is 1. The van der Waals surface area contributed by atoms with E-state index in [1.54, 1.807) is 19.2 Å². The average molecular weight is 267 g/mol. The number of nitrogens with zero attached hydrogens (tertiary/aromatic N) is 1. The lowest BCUT2D eigenvalue weighted by atomic mass is 10.1. The smallest absolute Gasteiger partial charge is 0.337 e. The third-order valence-electron chi connectivity index (χ3n) is 2.82. The highest BCUT2D eigenvalue weighted by atomic mass is 16.5. The Labute approximate surface area is 113 Å². The van der Waals surface area contributed by atoms with Crippen LogP contribution in [0.1, 0.15) is 10.4 Å². The maximum absolute atomic E-state index is 10.9. The first-order valence-corrected chi connectivity index (χ1v) is 6.09. The van der Waals surface area contributed by atoms with E-state index in [-0.39, 0.29) is 11.3 Å². The first-order chi connectivity index (χ1) is 9.06. The number of ether oxygens (including phenoxy) is 1. The number of methoxy groups -OCH3 is 1.